The second-order valence-electron chi connectivity index (χ2n) is 4.74. The van der Waals surface area contributed by atoms with Crippen molar-refractivity contribution in [2.24, 2.45) is 5.92 Å². The van der Waals surface area contributed by atoms with Crippen molar-refractivity contribution in [2.75, 3.05) is 13.1 Å². The van der Waals surface area contributed by atoms with Crippen molar-refractivity contribution >= 4 is 33.8 Å². The largest absolute Gasteiger partial charge is 0.354 e. The molecule has 114 valence electrons. The van der Waals surface area contributed by atoms with Gasteiger partial charge < -0.3 is 10.6 Å². The Morgan fingerprint density at radius 3 is 2.62 bits per heavy atom. The van der Waals surface area contributed by atoms with Crippen LogP contribution in [0.15, 0.2) is 28.7 Å². The molecule has 21 heavy (non-hydrogen) atoms. The SMILES string of the molecule is CC(C)C(=O)NCCNC(=O)/C=C/c1cc(Br)ccc1F. The number of hydrogen-bond acceptors (Lipinski definition) is 2. The van der Waals surface area contributed by atoms with Crippen LogP contribution in [-0.4, -0.2) is 24.9 Å². The van der Waals surface area contributed by atoms with Gasteiger partial charge in [-0.3, -0.25) is 9.59 Å². The lowest BCUT2D eigenvalue weighted by Crippen LogP contribution is -2.35. The van der Waals surface area contributed by atoms with Crippen LogP contribution in [0.3, 0.4) is 0 Å². The molecule has 6 heteroatoms. The summed E-state index contributed by atoms with van der Waals surface area (Å²) in [5.74, 6) is -0.879. The minimum Gasteiger partial charge on any atom is -0.354 e. The Kier molecular flexibility index (Phi) is 7.08. The quantitative estimate of drug-likeness (QED) is 0.607. The van der Waals surface area contributed by atoms with Crippen molar-refractivity contribution in [3.05, 3.63) is 40.1 Å². The maximum absolute atomic E-state index is 13.4. The molecule has 4 nitrogen and oxygen atoms in total. The van der Waals surface area contributed by atoms with Gasteiger partial charge in [0.1, 0.15) is 5.82 Å². The summed E-state index contributed by atoms with van der Waals surface area (Å²) < 4.78 is 14.2. The van der Waals surface area contributed by atoms with Gasteiger partial charge >= 0.3 is 0 Å². The van der Waals surface area contributed by atoms with Crippen LogP contribution in [0.2, 0.25) is 0 Å². The van der Waals surface area contributed by atoms with Gasteiger partial charge in [-0.15, -0.1) is 0 Å². The molecular weight excluding hydrogens is 339 g/mol. The Bertz CT molecular complexity index is 544. The molecule has 0 unspecified atom stereocenters. The lowest BCUT2D eigenvalue weighted by atomic mass is 10.2. The molecule has 0 saturated heterocycles. The van der Waals surface area contributed by atoms with Crippen molar-refractivity contribution in [1.29, 1.82) is 0 Å². The highest BCUT2D eigenvalue weighted by Crippen LogP contribution is 2.16. The molecule has 1 aromatic rings. The fourth-order valence-electron chi connectivity index (χ4n) is 1.44. The van der Waals surface area contributed by atoms with Crippen molar-refractivity contribution in [3.8, 4) is 0 Å². The molecule has 0 spiro atoms. The van der Waals surface area contributed by atoms with Crippen LogP contribution >= 0.6 is 15.9 Å². The third-order valence-electron chi connectivity index (χ3n) is 2.62. The van der Waals surface area contributed by atoms with E-state index in [4.69, 9.17) is 0 Å². The molecule has 0 atom stereocenters. The highest BCUT2D eigenvalue weighted by atomic mass is 79.9. The Balaban J connectivity index is 2.38. The standard InChI is InChI=1S/C15H18BrFN2O2/c1-10(2)15(21)19-8-7-18-14(20)6-3-11-9-12(16)4-5-13(11)17/h3-6,9-10H,7-8H2,1-2H3,(H,18,20)(H,19,21)/b6-3+. The lowest BCUT2D eigenvalue weighted by molar-refractivity contribution is -0.124. The van der Waals surface area contributed by atoms with Gasteiger partial charge in [0.2, 0.25) is 11.8 Å². The molecule has 0 heterocycles. The van der Waals surface area contributed by atoms with E-state index in [2.05, 4.69) is 26.6 Å². The van der Waals surface area contributed by atoms with Gasteiger partial charge in [0.15, 0.2) is 0 Å². The first kappa shape index (κ1) is 17.4. The van der Waals surface area contributed by atoms with Crippen LogP contribution in [0.1, 0.15) is 19.4 Å². The van der Waals surface area contributed by atoms with Gasteiger partial charge in [0.25, 0.3) is 0 Å². The summed E-state index contributed by atoms with van der Waals surface area (Å²) in [5.41, 5.74) is 0.327. The monoisotopic (exact) mass is 356 g/mol. The number of rotatable bonds is 6. The number of hydrogen-bond donors (Lipinski definition) is 2. The zero-order valence-electron chi connectivity index (χ0n) is 12.0. The predicted molar refractivity (Wildman–Crippen MR) is 84.0 cm³/mol. The average molecular weight is 357 g/mol. The highest BCUT2D eigenvalue weighted by molar-refractivity contribution is 9.10. The molecule has 1 rings (SSSR count). The normalized spacial score (nSPS) is 10.9. The average Bonchev–Trinajstić information content (AvgIpc) is 2.44. The number of amides is 2. The predicted octanol–water partition coefficient (Wildman–Crippen LogP) is 2.49. The van der Waals surface area contributed by atoms with E-state index in [0.717, 1.165) is 4.47 Å². The van der Waals surface area contributed by atoms with E-state index in [1.165, 1.54) is 18.2 Å². The van der Waals surface area contributed by atoms with Crippen LogP contribution in [0.4, 0.5) is 4.39 Å². The molecular formula is C15H18BrFN2O2. The first-order valence-corrected chi connectivity index (χ1v) is 7.38. The zero-order chi connectivity index (χ0) is 15.8. The summed E-state index contributed by atoms with van der Waals surface area (Å²) >= 11 is 3.24. The molecule has 0 bridgehead atoms. The topological polar surface area (TPSA) is 58.2 Å². The van der Waals surface area contributed by atoms with E-state index in [0.29, 0.717) is 18.7 Å². The molecule has 0 radical (unpaired) electrons. The molecule has 2 N–H and O–H groups in total. The van der Waals surface area contributed by atoms with Crippen LogP contribution in [0.5, 0.6) is 0 Å². The number of carbonyl (C=O) groups is 2. The molecule has 0 aliphatic carbocycles. The number of halogens is 2. The molecule has 0 fully saturated rings. The number of carbonyl (C=O) groups excluding carboxylic acids is 2. The minimum absolute atomic E-state index is 0.0593. The highest BCUT2D eigenvalue weighted by Gasteiger charge is 2.05. The van der Waals surface area contributed by atoms with Crippen molar-refractivity contribution < 1.29 is 14.0 Å². The van der Waals surface area contributed by atoms with Gasteiger partial charge in [-0.2, -0.15) is 0 Å². The Morgan fingerprint density at radius 2 is 1.95 bits per heavy atom. The van der Waals surface area contributed by atoms with E-state index < -0.39 is 5.82 Å². The second kappa shape index (κ2) is 8.56. The zero-order valence-corrected chi connectivity index (χ0v) is 13.5. The first-order chi connectivity index (χ1) is 9.90. The van der Waals surface area contributed by atoms with E-state index in [1.54, 1.807) is 26.0 Å². The maximum Gasteiger partial charge on any atom is 0.244 e. The van der Waals surface area contributed by atoms with E-state index in [9.17, 15) is 14.0 Å². The van der Waals surface area contributed by atoms with Crippen LogP contribution in [0, 0.1) is 11.7 Å². The van der Waals surface area contributed by atoms with Gasteiger partial charge in [-0.1, -0.05) is 29.8 Å². The fourth-order valence-corrected chi connectivity index (χ4v) is 1.82. The molecule has 1 aromatic carbocycles. The van der Waals surface area contributed by atoms with E-state index >= 15 is 0 Å². The summed E-state index contributed by atoms with van der Waals surface area (Å²) in [6, 6.07) is 4.50. The molecule has 0 aliphatic rings. The minimum atomic E-state index is -0.397. The van der Waals surface area contributed by atoms with Crippen LogP contribution < -0.4 is 10.6 Å². The van der Waals surface area contributed by atoms with Crippen molar-refractivity contribution in [2.45, 2.75) is 13.8 Å². The van der Waals surface area contributed by atoms with E-state index in [-0.39, 0.29) is 17.7 Å². The maximum atomic E-state index is 13.4. The number of nitrogens with one attached hydrogen (secondary N) is 2. The Labute approximate surface area is 131 Å². The summed E-state index contributed by atoms with van der Waals surface area (Å²) in [6.45, 7) is 4.27. The summed E-state index contributed by atoms with van der Waals surface area (Å²) in [4.78, 5) is 22.8. The third kappa shape index (κ3) is 6.53. The summed E-state index contributed by atoms with van der Waals surface area (Å²) in [7, 11) is 0. The fraction of sp³-hybridized carbons (Fsp3) is 0.333. The van der Waals surface area contributed by atoms with Gasteiger partial charge in [-0.05, 0) is 24.3 Å². The summed E-state index contributed by atoms with van der Waals surface area (Å²) in [6.07, 6.45) is 2.66. The lowest BCUT2D eigenvalue weighted by Gasteiger charge is -2.07. The Hall–Kier alpha value is -1.69. The van der Waals surface area contributed by atoms with Crippen LogP contribution in [0.25, 0.3) is 6.08 Å². The smallest absolute Gasteiger partial charge is 0.244 e. The van der Waals surface area contributed by atoms with Crippen molar-refractivity contribution in [3.63, 3.8) is 0 Å². The van der Waals surface area contributed by atoms with E-state index in [1.807, 2.05) is 0 Å². The molecule has 0 saturated carbocycles. The molecule has 0 aromatic heterocycles. The van der Waals surface area contributed by atoms with Crippen molar-refractivity contribution in [1.82, 2.24) is 10.6 Å². The first-order valence-electron chi connectivity index (χ1n) is 6.59. The van der Waals surface area contributed by atoms with Crippen LogP contribution in [-0.2, 0) is 9.59 Å². The Morgan fingerprint density at radius 1 is 1.29 bits per heavy atom. The summed E-state index contributed by atoms with van der Waals surface area (Å²) in [5, 5.41) is 5.29. The number of benzene rings is 1. The second-order valence-corrected chi connectivity index (χ2v) is 5.65. The third-order valence-corrected chi connectivity index (χ3v) is 3.11. The van der Waals surface area contributed by atoms with Gasteiger partial charge in [-0.25, -0.2) is 4.39 Å². The molecule has 2 amide bonds. The molecule has 0 aliphatic heterocycles. The van der Waals surface area contributed by atoms with Gasteiger partial charge in [0, 0.05) is 35.1 Å². The van der Waals surface area contributed by atoms with Gasteiger partial charge in [0.05, 0.1) is 0 Å².